The van der Waals surface area contributed by atoms with Crippen molar-refractivity contribution in [3.8, 4) is 0 Å². The van der Waals surface area contributed by atoms with Gasteiger partial charge in [-0.2, -0.15) is 0 Å². The van der Waals surface area contributed by atoms with Crippen LogP contribution in [0.15, 0.2) is 48.5 Å². The molecule has 0 aromatic heterocycles. The second-order valence-corrected chi connectivity index (χ2v) is 9.00. The Morgan fingerprint density at radius 1 is 0.971 bits per heavy atom. The Bertz CT molecular complexity index is 1070. The summed E-state index contributed by atoms with van der Waals surface area (Å²) in [5.41, 5.74) is 3.08. The van der Waals surface area contributed by atoms with Gasteiger partial charge in [0.05, 0.1) is 24.6 Å². The smallest absolute Gasteiger partial charge is 0.254 e. The maximum atomic E-state index is 13.5. The first-order valence-corrected chi connectivity index (χ1v) is 12.0. The maximum Gasteiger partial charge on any atom is 0.254 e. The van der Waals surface area contributed by atoms with E-state index in [4.69, 9.17) is 4.74 Å². The van der Waals surface area contributed by atoms with Gasteiger partial charge in [0, 0.05) is 31.7 Å². The number of ether oxygens (including phenoxy) is 1. The summed E-state index contributed by atoms with van der Waals surface area (Å²) in [6, 6.07) is 15.0. The number of nitrogens with zero attached hydrogens (tertiary/aromatic N) is 3. The number of carbonyl (C=O) groups is 3. The lowest BCUT2D eigenvalue weighted by atomic mass is 9.95. The van der Waals surface area contributed by atoms with Crippen LogP contribution in [-0.4, -0.2) is 68.1 Å². The Kier molecular flexibility index (Phi) is 6.49. The molecule has 3 aliphatic heterocycles. The lowest BCUT2D eigenvalue weighted by molar-refractivity contribution is -0.125. The number of amides is 3. The van der Waals surface area contributed by atoms with Crippen molar-refractivity contribution >= 4 is 29.1 Å². The van der Waals surface area contributed by atoms with Crippen molar-refractivity contribution in [3.05, 3.63) is 59.7 Å². The first-order chi connectivity index (χ1) is 16.6. The minimum absolute atomic E-state index is 0.0712. The zero-order chi connectivity index (χ0) is 23.5. The van der Waals surface area contributed by atoms with E-state index >= 15 is 0 Å². The highest BCUT2D eigenvalue weighted by molar-refractivity contribution is 6.09. The molecule has 0 saturated carbocycles. The number of carbonyl (C=O) groups excluding carboxylic acids is 3. The number of benzene rings is 2. The maximum absolute atomic E-state index is 13.5. The van der Waals surface area contributed by atoms with Gasteiger partial charge in [-0.15, -0.1) is 0 Å². The first-order valence-electron chi connectivity index (χ1n) is 12.0. The summed E-state index contributed by atoms with van der Waals surface area (Å²) >= 11 is 0. The largest absolute Gasteiger partial charge is 0.378 e. The van der Waals surface area contributed by atoms with Gasteiger partial charge in [0.2, 0.25) is 11.8 Å². The van der Waals surface area contributed by atoms with E-state index in [9.17, 15) is 14.4 Å². The Morgan fingerprint density at radius 2 is 1.76 bits per heavy atom. The number of nitrogens with one attached hydrogen (secondary N) is 1. The summed E-state index contributed by atoms with van der Waals surface area (Å²) in [4.78, 5) is 45.0. The average molecular weight is 463 g/mol. The number of hydrogen-bond acceptors (Lipinski definition) is 5. The SMILES string of the molecule is O=C(CN1C(=O)[C@@H]2CCCCN2c2ccc(C(=O)N3CCOCC3)cc21)NCc1ccccc1. The molecule has 8 heteroatoms. The molecular weight excluding hydrogens is 432 g/mol. The molecule has 0 bridgehead atoms. The summed E-state index contributed by atoms with van der Waals surface area (Å²) in [7, 11) is 0. The molecule has 3 heterocycles. The highest BCUT2D eigenvalue weighted by Gasteiger charge is 2.40. The number of anilines is 2. The quantitative estimate of drug-likeness (QED) is 0.737. The van der Waals surface area contributed by atoms with Crippen LogP contribution in [0.3, 0.4) is 0 Å². The van der Waals surface area contributed by atoms with E-state index < -0.39 is 0 Å². The molecule has 0 aliphatic carbocycles. The Morgan fingerprint density at radius 3 is 2.56 bits per heavy atom. The van der Waals surface area contributed by atoms with Gasteiger partial charge in [0.25, 0.3) is 5.91 Å². The molecule has 2 aromatic rings. The minimum atomic E-state index is -0.260. The molecule has 5 rings (SSSR count). The zero-order valence-electron chi connectivity index (χ0n) is 19.2. The highest BCUT2D eigenvalue weighted by Crippen LogP contribution is 2.40. The molecule has 8 nitrogen and oxygen atoms in total. The molecule has 2 saturated heterocycles. The van der Waals surface area contributed by atoms with Crippen LogP contribution in [0.5, 0.6) is 0 Å². The van der Waals surface area contributed by atoms with Gasteiger partial charge in [-0.1, -0.05) is 30.3 Å². The van der Waals surface area contributed by atoms with Gasteiger partial charge >= 0.3 is 0 Å². The fourth-order valence-corrected chi connectivity index (χ4v) is 5.00. The number of hydrogen-bond donors (Lipinski definition) is 1. The Hall–Kier alpha value is -3.39. The molecule has 3 aliphatic rings. The van der Waals surface area contributed by atoms with Crippen LogP contribution < -0.4 is 15.1 Å². The van der Waals surface area contributed by atoms with E-state index in [0.717, 1.165) is 37.1 Å². The molecular formula is C26H30N4O4. The van der Waals surface area contributed by atoms with Crippen molar-refractivity contribution in [1.29, 1.82) is 0 Å². The van der Waals surface area contributed by atoms with E-state index in [1.807, 2.05) is 42.5 Å². The average Bonchev–Trinajstić information content (AvgIpc) is 2.90. The van der Waals surface area contributed by atoms with E-state index in [1.54, 1.807) is 15.9 Å². The molecule has 178 valence electrons. The van der Waals surface area contributed by atoms with E-state index in [1.165, 1.54) is 0 Å². The van der Waals surface area contributed by atoms with Crippen molar-refractivity contribution in [1.82, 2.24) is 10.2 Å². The third-order valence-electron chi connectivity index (χ3n) is 6.81. The van der Waals surface area contributed by atoms with Crippen molar-refractivity contribution < 1.29 is 19.1 Å². The minimum Gasteiger partial charge on any atom is -0.378 e. The van der Waals surface area contributed by atoms with Crippen molar-refractivity contribution in [2.75, 3.05) is 49.2 Å². The molecule has 34 heavy (non-hydrogen) atoms. The van der Waals surface area contributed by atoms with E-state index in [0.29, 0.717) is 44.1 Å². The fraction of sp³-hybridized carbons (Fsp3) is 0.423. The van der Waals surface area contributed by atoms with E-state index in [2.05, 4.69) is 10.2 Å². The van der Waals surface area contributed by atoms with Crippen LogP contribution in [0.1, 0.15) is 35.2 Å². The van der Waals surface area contributed by atoms with Gasteiger partial charge in [-0.05, 0) is 43.0 Å². The van der Waals surface area contributed by atoms with Gasteiger partial charge in [-0.25, -0.2) is 0 Å². The van der Waals surface area contributed by atoms with Crippen molar-refractivity contribution in [2.24, 2.45) is 0 Å². The van der Waals surface area contributed by atoms with Crippen LogP contribution in [0.4, 0.5) is 11.4 Å². The topological polar surface area (TPSA) is 82.2 Å². The second-order valence-electron chi connectivity index (χ2n) is 9.00. The molecule has 2 fully saturated rings. The highest BCUT2D eigenvalue weighted by atomic mass is 16.5. The van der Waals surface area contributed by atoms with Gasteiger partial charge in [-0.3, -0.25) is 19.3 Å². The van der Waals surface area contributed by atoms with Crippen molar-refractivity contribution in [3.63, 3.8) is 0 Å². The number of piperidine rings is 1. The third-order valence-corrected chi connectivity index (χ3v) is 6.81. The monoisotopic (exact) mass is 462 g/mol. The zero-order valence-corrected chi connectivity index (χ0v) is 19.2. The van der Waals surface area contributed by atoms with Gasteiger partial charge < -0.3 is 19.9 Å². The molecule has 3 amide bonds. The van der Waals surface area contributed by atoms with Crippen LogP contribution in [0, 0.1) is 0 Å². The number of morpholine rings is 1. The van der Waals surface area contributed by atoms with Crippen LogP contribution in [0.2, 0.25) is 0 Å². The lowest BCUT2D eigenvalue weighted by Gasteiger charge is -2.45. The first kappa shape index (κ1) is 22.4. The van der Waals surface area contributed by atoms with Gasteiger partial charge in [0.1, 0.15) is 12.6 Å². The third kappa shape index (κ3) is 4.50. The molecule has 1 atom stereocenters. The number of rotatable bonds is 5. The summed E-state index contributed by atoms with van der Waals surface area (Å²) in [5, 5.41) is 2.92. The van der Waals surface area contributed by atoms with Gasteiger partial charge in [0.15, 0.2) is 0 Å². The Labute approximate surface area is 199 Å². The fourth-order valence-electron chi connectivity index (χ4n) is 5.00. The second kappa shape index (κ2) is 9.85. The molecule has 1 N–H and O–H groups in total. The summed E-state index contributed by atoms with van der Waals surface area (Å²) < 4.78 is 5.37. The summed E-state index contributed by atoms with van der Waals surface area (Å²) in [6.45, 7) is 3.28. The number of fused-ring (bicyclic) bond motifs is 3. The predicted octanol–water partition coefficient (Wildman–Crippen LogP) is 2.18. The standard InChI is InChI=1S/C26H30N4O4/c31-24(27-17-19-6-2-1-3-7-19)18-30-23-16-20(25(32)28-12-14-34-15-13-28)9-10-21(23)29-11-5-4-8-22(29)26(30)33/h1-3,6-7,9-10,16,22H,4-5,8,11-15,17-18H2,(H,27,31)/t22-/m0/s1. The Balaban J connectivity index is 1.40. The molecule has 0 unspecified atom stereocenters. The predicted molar refractivity (Wildman–Crippen MR) is 129 cm³/mol. The molecule has 2 aromatic carbocycles. The van der Waals surface area contributed by atoms with Crippen LogP contribution in [0.25, 0.3) is 0 Å². The lowest BCUT2D eigenvalue weighted by Crippen LogP contribution is -2.57. The van der Waals surface area contributed by atoms with E-state index in [-0.39, 0.29) is 30.3 Å². The normalized spacial score (nSPS) is 19.9. The van der Waals surface area contributed by atoms with Crippen LogP contribution >= 0.6 is 0 Å². The summed E-state index contributed by atoms with van der Waals surface area (Å²) in [6.07, 6.45) is 2.79. The molecule has 0 spiro atoms. The van der Waals surface area contributed by atoms with Crippen LogP contribution in [-0.2, 0) is 20.9 Å². The van der Waals surface area contributed by atoms with Crippen molar-refractivity contribution in [2.45, 2.75) is 31.8 Å². The molecule has 0 radical (unpaired) electrons. The summed E-state index contributed by atoms with van der Waals surface area (Å²) in [5.74, 6) is -0.372.